The molecule has 0 saturated heterocycles. The molecule has 0 bridgehead atoms. The minimum Gasteiger partial charge on any atom is -0.0620 e. The maximum absolute atomic E-state index is 2.67. The van der Waals surface area contributed by atoms with Gasteiger partial charge < -0.3 is 0 Å². The summed E-state index contributed by atoms with van der Waals surface area (Å²) in [4.78, 5) is 0. The molecule has 0 nitrogen and oxygen atoms in total. The topological polar surface area (TPSA) is 0 Å². The average Bonchev–Trinajstić information content (AvgIpc) is 2.97. The van der Waals surface area contributed by atoms with E-state index in [-0.39, 0.29) is 0 Å². The molecule has 0 aromatic rings. The van der Waals surface area contributed by atoms with Crippen LogP contribution in [0.25, 0.3) is 0 Å². The smallest absolute Gasteiger partial charge is 0.0323 e. The first-order valence-corrected chi connectivity index (χ1v) is 11.5. The fraction of sp³-hybridized carbons (Fsp3) is 1.00. The van der Waals surface area contributed by atoms with Gasteiger partial charge in [-0.1, -0.05) is 72.6 Å². The van der Waals surface area contributed by atoms with Gasteiger partial charge in [0.05, 0.1) is 0 Å². The second-order valence-electron chi connectivity index (χ2n) is 11.3. The molecule has 0 heteroatoms. The van der Waals surface area contributed by atoms with Gasteiger partial charge in [-0.2, -0.15) is 0 Å². The van der Waals surface area contributed by atoms with Gasteiger partial charge in [-0.05, 0) is 78.4 Å². The molecule has 0 radical (unpaired) electrons. The lowest BCUT2D eigenvalue weighted by atomic mass is 9.57. The number of rotatable bonds is 2. The summed E-state index contributed by atoms with van der Waals surface area (Å²) in [6, 6.07) is 0. The molecule has 0 aromatic heterocycles. The van der Waals surface area contributed by atoms with E-state index < -0.39 is 0 Å². The van der Waals surface area contributed by atoms with Crippen molar-refractivity contribution in [2.45, 2.75) is 98.3 Å². The molecule has 138 valence electrons. The van der Waals surface area contributed by atoms with E-state index in [0.717, 1.165) is 47.3 Å². The SMILES string of the molecule is CC(C1CCCCC1)C1CCC2CCCC3C2C1CC3C(C)(C)C. The molecule has 0 aromatic carbocycles. The van der Waals surface area contributed by atoms with Gasteiger partial charge in [0.1, 0.15) is 0 Å². The van der Waals surface area contributed by atoms with E-state index in [2.05, 4.69) is 27.7 Å². The molecule has 4 aliphatic rings. The minimum absolute atomic E-state index is 0.530. The molecule has 0 spiro atoms. The lowest BCUT2D eigenvalue weighted by Gasteiger charge is -2.48. The zero-order valence-corrected chi connectivity index (χ0v) is 16.9. The molecular formula is C24H42. The molecule has 0 N–H and O–H groups in total. The molecule has 0 heterocycles. The fourth-order valence-electron chi connectivity index (χ4n) is 8.19. The summed E-state index contributed by atoms with van der Waals surface area (Å²) in [6.45, 7) is 10.3. The van der Waals surface area contributed by atoms with Gasteiger partial charge in [-0.15, -0.1) is 0 Å². The first-order chi connectivity index (χ1) is 11.5. The van der Waals surface area contributed by atoms with E-state index in [1.807, 2.05) is 0 Å². The molecule has 4 fully saturated rings. The van der Waals surface area contributed by atoms with Crippen molar-refractivity contribution < 1.29 is 0 Å². The van der Waals surface area contributed by atoms with Gasteiger partial charge in [-0.3, -0.25) is 0 Å². The Labute approximate surface area is 151 Å². The van der Waals surface area contributed by atoms with Crippen LogP contribution in [0.5, 0.6) is 0 Å². The Kier molecular flexibility index (Phi) is 4.81. The molecule has 7 unspecified atom stereocenters. The lowest BCUT2D eigenvalue weighted by molar-refractivity contribution is 0.00771. The van der Waals surface area contributed by atoms with Crippen LogP contribution in [0.15, 0.2) is 0 Å². The standard InChI is InChI=1S/C24H42/c1-16(17-9-6-5-7-10-17)19-14-13-18-11-8-12-20-22(24(2,3)4)15-21(19)23(18)20/h16-23H,5-15H2,1-4H3. The summed E-state index contributed by atoms with van der Waals surface area (Å²) in [7, 11) is 0. The molecule has 24 heavy (non-hydrogen) atoms. The molecule has 4 saturated carbocycles. The fourth-order valence-corrected chi connectivity index (χ4v) is 8.19. The van der Waals surface area contributed by atoms with E-state index in [1.54, 1.807) is 44.9 Å². The first kappa shape index (κ1) is 17.4. The molecule has 4 aliphatic carbocycles. The summed E-state index contributed by atoms with van der Waals surface area (Å²) in [6.07, 6.45) is 17.0. The Morgan fingerprint density at radius 3 is 2.21 bits per heavy atom. The van der Waals surface area contributed by atoms with Gasteiger partial charge >= 0.3 is 0 Å². The molecule has 0 amide bonds. The summed E-state index contributed by atoms with van der Waals surface area (Å²) in [5, 5.41) is 0. The minimum atomic E-state index is 0.530. The van der Waals surface area contributed by atoms with Crippen LogP contribution in [0.3, 0.4) is 0 Å². The van der Waals surface area contributed by atoms with Crippen LogP contribution >= 0.6 is 0 Å². The van der Waals surface area contributed by atoms with Crippen LogP contribution in [-0.2, 0) is 0 Å². The Morgan fingerprint density at radius 1 is 0.750 bits per heavy atom. The Bertz CT molecular complexity index is 424. The second kappa shape index (κ2) is 6.62. The highest BCUT2D eigenvalue weighted by Gasteiger charge is 2.55. The van der Waals surface area contributed by atoms with Gasteiger partial charge in [0.25, 0.3) is 0 Å². The maximum atomic E-state index is 2.67. The van der Waals surface area contributed by atoms with Crippen molar-refractivity contribution in [2.75, 3.05) is 0 Å². The van der Waals surface area contributed by atoms with Crippen LogP contribution in [-0.4, -0.2) is 0 Å². The van der Waals surface area contributed by atoms with E-state index in [9.17, 15) is 0 Å². The highest BCUT2D eigenvalue weighted by Crippen LogP contribution is 2.63. The Balaban J connectivity index is 1.56. The average molecular weight is 331 g/mol. The van der Waals surface area contributed by atoms with Crippen LogP contribution in [0, 0.1) is 52.8 Å². The molecule has 0 aliphatic heterocycles. The van der Waals surface area contributed by atoms with Crippen LogP contribution in [0.1, 0.15) is 98.3 Å². The Morgan fingerprint density at radius 2 is 1.50 bits per heavy atom. The molecular weight excluding hydrogens is 288 g/mol. The van der Waals surface area contributed by atoms with Crippen LogP contribution < -0.4 is 0 Å². The highest BCUT2D eigenvalue weighted by atomic mass is 14.6. The van der Waals surface area contributed by atoms with Crippen molar-refractivity contribution in [1.82, 2.24) is 0 Å². The maximum Gasteiger partial charge on any atom is -0.0323 e. The molecule has 7 atom stereocenters. The second-order valence-corrected chi connectivity index (χ2v) is 11.3. The normalized spacial score (nSPS) is 45.0. The monoisotopic (exact) mass is 330 g/mol. The van der Waals surface area contributed by atoms with Gasteiger partial charge in [0, 0.05) is 0 Å². The third-order valence-electron chi connectivity index (χ3n) is 9.29. The van der Waals surface area contributed by atoms with Crippen molar-refractivity contribution in [2.24, 2.45) is 52.8 Å². The third-order valence-corrected chi connectivity index (χ3v) is 9.29. The first-order valence-electron chi connectivity index (χ1n) is 11.5. The Hall–Kier alpha value is 0. The third kappa shape index (κ3) is 2.99. The van der Waals surface area contributed by atoms with E-state index in [0.29, 0.717) is 5.41 Å². The van der Waals surface area contributed by atoms with E-state index >= 15 is 0 Å². The molecule has 4 rings (SSSR count). The summed E-state index contributed by atoms with van der Waals surface area (Å²) < 4.78 is 0. The number of hydrogen-bond donors (Lipinski definition) is 0. The predicted octanol–water partition coefficient (Wildman–Crippen LogP) is 7.33. The summed E-state index contributed by atoms with van der Waals surface area (Å²) >= 11 is 0. The lowest BCUT2D eigenvalue weighted by Crippen LogP contribution is -2.41. The zero-order valence-electron chi connectivity index (χ0n) is 16.9. The summed E-state index contributed by atoms with van der Waals surface area (Å²) in [5.74, 6) is 8.55. The van der Waals surface area contributed by atoms with Crippen LogP contribution in [0.2, 0.25) is 0 Å². The van der Waals surface area contributed by atoms with Gasteiger partial charge in [0.15, 0.2) is 0 Å². The van der Waals surface area contributed by atoms with E-state index in [1.165, 1.54) is 25.7 Å². The van der Waals surface area contributed by atoms with Crippen LogP contribution in [0.4, 0.5) is 0 Å². The van der Waals surface area contributed by atoms with Crippen molar-refractivity contribution >= 4 is 0 Å². The quantitative estimate of drug-likeness (QED) is 0.497. The zero-order chi connectivity index (χ0) is 16.9. The summed E-state index contributed by atoms with van der Waals surface area (Å²) in [5.41, 5.74) is 0.530. The number of hydrogen-bond acceptors (Lipinski definition) is 0. The predicted molar refractivity (Wildman–Crippen MR) is 104 cm³/mol. The highest BCUT2D eigenvalue weighted by molar-refractivity contribution is 5.04. The van der Waals surface area contributed by atoms with Crippen molar-refractivity contribution in [3.8, 4) is 0 Å². The van der Waals surface area contributed by atoms with E-state index in [4.69, 9.17) is 0 Å². The van der Waals surface area contributed by atoms with Crippen molar-refractivity contribution in [1.29, 1.82) is 0 Å². The van der Waals surface area contributed by atoms with Crippen molar-refractivity contribution in [3.05, 3.63) is 0 Å². The van der Waals surface area contributed by atoms with Gasteiger partial charge in [0.2, 0.25) is 0 Å². The van der Waals surface area contributed by atoms with Crippen molar-refractivity contribution in [3.63, 3.8) is 0 Å². The largest absolute Gasteiger partial charge is 0.0620 e. The van der Waals surface area contributed by atoms with Gasteiger partial charge in [-0.25, -0.2) is 0 Å².